The van der Waals surface area contributed by atoms with Crippen LogP contribution in [0.3, 0.4) is 0 Å². The molecule has 362 valence electrons. The van der Waals surface area contributed by atoms with Crippen molar-refractivity contribution in [2.24, 2.45) is 11.8 Å². The highest BCUT2D eigenvalue weighted by molar-refractivity contribution is 6.09. The van der Waals surface area contributed by atoms with Crippen molar-refractivity contribution in [3.8, 4) is 22.5 Å². The van der Waals surface area contributed by atoms with E-state index in [-0.39, 0.29) is 43.2 Å². The predicted octanol–water partition coefficient (Wildman–Crippen LogP) is 6.41. The molecule has 3 aromatic heterocycles. The Morgan fingerprint density at radius 1 is 0.681 bits per heavy atom. The maximum atomic E-state index is 15.1. The summed E-state index contributed by atoms with van der Waals surface area (Å²) in [6.07, 6.45) is 1.42. The molecule has 4 fully saturated rings. The van der Waals surface area contributed by atoms with Crippen molar-refractivity contribution in [1.82, 2.24) is 40.4 Å². The van der Waals surface area contributed by atoms with E-state index in [4.69, 9.17) is 23.4 Å². The van der Waals surface area contributed by atoms with Crippen LogP contribution in [0.15, 0.2) is 70.1 Å². The summed E-state index contributed by atoms with van der Waals surface area (Å²) in [5.41, 5.74) is 3.08. The van der Waals surface area contributed by atoms with Gasteiger partial charge in [-0.25, -0.2) is 28.3 Å². The molecule has 0 radical (unpaired) electrons. The van der Waals surface area contributed by atoms with Crippen LogP contribution in [-0.4, -0.2) is 132 Å². The minimum atomic E-state index is -1.30. The molecule has 0 aliphatic carbocycles. The molecule has 4 amide bonds. The molecule has 6 aromatic rings. The van der Waals surface area contributed by atoms with E-state index < -0.39 is 60.5 Å². The molecule has 18 nitrogen and oxygen atoms in total. The van der Waals surface area contributed by atoms with Gasteiger partial charge >= 0.3 is 12.2 Å². The summed E-state index contributed by atoms with van der Waals surface area (Å²) >= 11 is 0. The van der Waals surface area contributed by atoms with Gasteiger partial charge in [-0.2, -0.15) is 0 Å². The third-order valence-corrected chi connectivity index (χ3v) is 14.1. The lowest BCUT2D eigenvalue weighted by Crippen LogP contribution is -2.53. The molecular formula is C49H52F2N8O10. The van der Waals surface area contributed by atoms with Crippen LogP contribution in [-0.2, 0) is 28.5 Å². The van der Waals surface area contributed by atoms with Crippen molar-refractivity contribution in [1.29, 1.82) is 0 Å². The number of alkyl halides is 2. The van der Waals surface area contributed by atoms with Gasteiger partial charge in [0.2, 0.25) is 17.2 Å². The number of benzene rings is 3. The summed E-state index contributed by atoms with van der Waals surface area (Å²) < 4.78 is 57.2. The van der Waals surface area contributed by atoms with Gasteiger partial charge in [-0.3, -0.25) is 14.4 Å². The Bertz CT molecular complexity index is 2980. The number of halogens is 2. The fourth-order valence-electron chi connectivity index (χ4n) is 10.5. The standard InChI is InChI=1S/C49H52F2N8O10/c1-65-48(63)56-41(25-9-13-67-14-10-25)46(61)58-23-30(50)19-36(58)44-52-21-34(54-44)28-3-6-32-27(17-28)5-8-38-40(32)43(60)33-7-4-29(18-39(33)69-38)35-22-53-45(55-35)37-20-31(51)24-59(37)47(62)42(57-49(64)66-2)26-11-15-68-16-12-26/h3-8,17-18,21-22,25-26,30-31,36-37,41-42H,9-16,19-20,23-24H2,1-2H3,(H,52,54)(H,53,55)(H,56,63)(H,57,64)/t30-,31-,36+,37+,41+,42+/m1/s1. The maximum absolute atomic E-state index is 15.1. The third-order valence-electron chi connectivity index (χ3n) is 14.1. The lowest BCUT2D eigenvalue weighted by molar-refractivity contribution is -0.137. The fraction of sp³-hybridized carbons (Fsp3) is 0.449. The Labute approximate surface area is 393 Å². The SMILES string of the molecule is COC(=O)N[C@H](C(=O)N1C[C@H](F)C[C@H]1c1ncc(-c2ccc3c(ccc4oc5cc(-c6cnc([C@@H]7C[C@@H](F)CN7C(=O)[C@@H](NC(=O)OC)C7CCOCC7)[nH]6)ccc5c(=O)c43)c2)[nH]1)C1CCOCC1. The zero-order valence-corrected chi connectivity index (χ0v) is 38.0. The van der Waals surface area contributed by atoms with Crippen LogP contribution < -0.4 is 16.1 Å². The van der Waals surface area contributed by atoms with Crippen LogP contribution in [0.2, 0.25) is 0 Å². The Kier molecular flexibility index (Phi) is 12.8. The first kappa shape index (κ1) is 45.8. The Balaban J connectivity index is 0.887. The second-order valence-corrected chi connectivity index (χ2v) is 18.2. The second-order valence-electron chi connectivity index (χ2n) is 18.2. The number of H-pyrrole nitrogens is 2. The van der Waals surface area contributed by atoms with Gasteiger partial charge in [0.15, 0.2) is 0 Å². The van der Waals surface area contributed by atoms with Crippen LogP contribution in [0, 0.1) is 11.8 Å². The summed E-state index contributed by atoms with van der Waals surface area (Å²) in [4.78, 5) is 85.6. The topological polar surface area (TPSA) is 223 Å². The summed E-state index contributed by atoms with van der Waals surface area (Å²) in [6.45, 7) is 1.49. The molecule has 69 heavy (non-hydrogen) atoms. The predicted molar refractivity (Wildman–Crippen MR) is 246 cm³/mol. The fourth-order valence-corrected chi connectivity index (χ4v) is 10.5. The monoisotopic (exact) mass is 950 g/mol. The number of methoxy groups -OCH3 is 2. The van der Waals surface area contributed by atoms with Gasteiger partial charge in [0, 0.05) is 50.4 Å². The molecular weight excluding hydrogens is 899 g/mol. The molecule has 4 aliphatic heterocycles. The number of aromatic nitrogens is 4. The number of fused-ring (bicyclic) bond motifs is 4. The van der Waals surface area contributed by atoms with E-state index in [0.717, 1.165) is 10.9 Å². The number of hydrogen-bond donors (Lipinski definition) is 4. The second kappa shape index (κ2) is 19.2. The quantitative estimate of drug-likeness (QED) is 0.0865. The van der Waals surface area contributed by atoms with Crippen molar-refractivity contribution >= 4 is 56.7 Å². The highest BCUT2D eigenvalue weighted by atomic mass is 19.1. The van der Waals surface area contributed by atoms with Gasteiger partial charge in [-0.1, -0.05) is 24.3 Å². The van der Waals surface area contributed by atoms with Crippen LogP contribution in [0.4, 0.5) is 18.4 Å². The van der Waals surface area contributed by atoms with Crippen molar-refractivity contribution < 1.29 is 51.3 Å². The largest absolute Gasteiger partial charge is 0.456 e. The number of rotatable bonds is 10. The van der Waals surface area contributed by atoms with Gasteiger partial charge in [0.05, 0.1) is 73.9 Å². The highest BCUT2D eigenvalue weighted by Gasteiger charge is 2.45. The molecule has 0 saturated carbocycles. The minimum absolute atomic E-state index is 0.0211. The van der Waals surface area contributed by atoms with E-state index in [2.05, 4.69) is 30.6 Å². The zero-order chi connectivity index (χ0) is 47.9. The molecule has 20 heteroatoms. The summed E-state index contributed by atoms with van der Waals surface area (Å²) in [6, 6.07) is 11.1. The number of ether oxygens (including phenoxy) is 4. The van der Waals surface area contributed by atoms with E-state index in [1.165, 1.54) is 24.0 Å². The number of hydrogen-bond acceptors (Lipinski definition) is 12. The number of imidazole rings is 2. The van der Waals surface area contributed by atoms with Gasteiger partial charge in [0.1, 0.15) is 47.2 Å². The number of nitrogens with one attached hydrogen (secondary N) is 4. The van der Waals surface area contributed by atoms with Crippen molar-refractivity contribution in [2.75, 3.05) is 53.7 Å². The van der Waals surface area contributed by atoms with Crippen LogP contribution in [0.5, 0.6) is 0 Å². The average molecular weight is 951 g/mol. The summed E-state index contributed by atoms with van der Waals surface area (Å²) in [7, 11) is 2.45. The van der Waals surface area contributed by atoms with E-state index in [1.54, 1.807) is 36.7 Å². The lowest BCUT2D eigenvalue weighted by Gasteiger charge is -2.34. The van der Waals surface area contributed by atoms with Crippen LogP contribution in [0.1, 0.15) is 62.3 Å². The lowest BCUT2D eigenvalue weighted by atomic mass is 9.90. The molecule has 10 rings (SSSR count). The van der Waals surface area contributed by atoms with Crippen molar-refractivity contribution in [3.63, 3.8) is 0 Å². The number of aromatic amines is 2. The van der Waals surface area contributed by atoms with Crippen LogP contribution in [0.25, 0.3) is 55.2 Å². The van der Waals surface area contributed by atoms with Crippen molar-refractivity contribution in [2.45, 2.75) is 75.0 Å². The van der Waals surface area contributed by atoms with Gasteiger partial charge in [0.25, 0.3) is 0 Å². The van der Waals surface area contributed by atoms with Crippen molar-refractivity contribution in [3.05, 3.63) is 82.8 Å². The van der Waals surface area contributed by atoms with Gasteiger partial charge in [-0.05, 0) is 72.6 Å². The van der Waals surface area contributed by atoms with E-state index in [9.17, 15) is 24.0 Å². The first-order chi connectivity index (χ1) is 33.5. The first-order valence-electron chi connectivity index (χ1n) is 23.2. The van der Waals surface area contributed by atoms with Gasteiger partial charge in [-0.15, -0.1) is 0 Å². The molecule has 4 N–H and O–H groups in total. The zero-order valence-electron chi connectivity index (χ0n) is 38.0. The number of nitrogens with zero attached hydrogens (tertiary/aromatic N) is 4. The van der Waals surface area contributed by atoms with E-state index >= 15 is 8.78 Å². The molecule has 0 bridgehead atoms. The third kappa shape index (κ3) is 8.98. The molecule has 7 heterocycles. The van der Waals surface area contributed by atoms with Crippen LogP contribution >= 0.6 is 0 Å². The Morgan fingerprint density at radius 2 is 1.17 bits per heavy atom. The minimum Gasteiger partial charge on any atom is -0.456 e. The molecule has 6 atom stereocenters. The highest BCUT2D eigenvalue weighted by Crippen LogP contribution is 2.38. The maximum Gasteiger partial charge on any atom is 0.407 e. The first-order valence-corrected chi connectivity index (χ1v) is 23.2. The average Bonchev–Trinajstić information content (AvgIpc) is 4.22. The molecule has 4 saturated heterocycles. The molecule has 0 spiro atoms. The van der Waals surface area contributed by atoms with Gasteiger partial charge < -0.3 is 53.8 Å². The number of likely N-dealkylation sites (tertiary alicyclic amines) is 2. The molecule has 4 aliphatic rings. The number of carbonyl (C=O) groups excluding carboxylic acids is 4. The number of alkyl carbamates (subject to hydrolysis) is 2. The number of carbonyl (C=O) groups is 4. The smallest absolute Gasteiger partial charge is 0.407 e. The summed E-state index contributed by atoms with van der Waals surface area (Å²) in [5.74, 6) is -0.447. The normalized spacial score (nSPS) is 22.3. The molecule has 3 aromatic carbocycles. The summed E-state index contributed by atoms with van der Waals surface area (Å²) in [5, 5.41) is 7.55. The number of amides is 4. The Hall–Kier alpha value is -6.93. The Morgan fingerprint density at radius 3 is 1.68 bits per heavy atom. The van der Waals surface area contributed by atoms with E-state index in [1.807, 2.05) is 24.3 Å². The van der Waals surface area contributed by atoms with E-state index in [0.29, 0.717) is 108 Å². The molecule has 0 unspecified atom stereocenters.